The first kappa shape index (κ1) is 10.7. The third-order valence-corrected chi connectivity index (χ3v) is 3.21. The summed E-state index contributed by atoms with van der Waals surface area (Å²) in [5, 5.41) is 9.32. The van der Waals surface area contributed by atoms with E-state index < -0.39 is 11.4 Å². The number of rotatable bonds is 2. The third kappa shape index (κ3) is 1.81. The number of carboxylic acids is 1. The van der Waals surface area contributed by atoms with Crippen molar-refractivity contribution in [3.63, 3.8) is 0 Å². The summed E-state index contributed by atoms with van der Waals surface area (Å²) in [6.07, 6.45) is 2.43. The monoisotopic (exact) mass is 274 g/mol. The molecule has 1 aliphatic rings. The summed E-state index contributed by atoms with van der Waals surface area (Å²) in [6, 6.07) is 1.72. The molecule has 0 atom stereocenters. The molecule has 0 bridgehead atoms. The molecule has 1 N–H and O–H groups in total. The van der Waals surface area contributed by atoms with Gasteiger partial charge >= 0.3 is 5.97 Å². The van der Waals surface area contributed by atoms with Crippen LogP contribution in [-0.2, 0) is 14.9 Å². The quantitative estimate of drug-likeness (QED) is 0.898. The van der Waals surface area contributed by atoms with E-state index in [-0.39, 0.29) is 0 Å². The van der Waals surface area contributed by atoms with Crippen molar-refractivity contribution in [1.29, 1.82) is 0 Å². The summed E-state index contributed by atoms with van der Waals surface area (Å²) >= 11 is 3.25. The smallest absolute Gasteiger partial charge is 0.317 e. The van der Waals surface area contributed by atoms with Crippen LogP contribution in [0.5, 0.6) is 0 Å². The number of ether oxygens (including phenoxy) is 1. The second-order valence-corrected chi connectivity index (χ2v) is 4.54. The molecule has 1 fully saturated rings. The molecule has 4 nitrogen and oxygen atoms in total. The Morgan fingerprint density at radius 3 is 2.60 bits per heavy atom. The van der Waals surface area contributed by atoms with Crippen LogP contribution in [0.1, 0.15) is 18.6 Å². The van der Waals surface area contributed by atoms with Crippen molar-refractivity contribution in [2.45, 2.75) is 18.3 Å². The van der Waals surface area contributed by atoms with Crippen LogP contribution in [0.3, 0.4) is 0 Å². The lowest BCUT2D eigenvalue weighted by Gasteiger charge is -2.30. The Labute approximate surface area is 95.3 Å². The van der Waals surface area contributed by atoms with Crippen molar-refractivity contribution < 1.29 is 19.1 Å². The van der Waals surface area contributed by atoms with E-state index in [1.807, 2.05) is 0 Å². The standard InChI is InChI=1S/C10H11BrO4/c11-7-5-8(15-6-7)10(9(12)13)1-3-14-4-2-10/h5-6H,1-4H2,(H,12,13). The summed E-state index contributed by atoms with van der Waals surface area (Å²) < 4.78 is 11.2. The fourth-order valence-corrected chi connectivity index (χ4v) is 2.15. The van der Waals surface area contributed by atoms with Gasteiger partial charge in [0.25, 0.3) is 0 Å². The molecular formula is C10H11BrO4. The van der Waals surface area contributed by atoms with Gasteiger partial charge in [-0.1, -0.05) is 0 Å². The lowest BCUT2D eigenvalue weighted by molar-refractivity contribution is -0.148. The summed E-state index contributed by atoms with van der Waals surface area (Å²) in [6.45, 7) is 0.926. The molecule has 0 spiro atoms. The average molecular weight is 275 g/mol. The highest BCUT2D eigenvalue weighted by atomic mass is 79.9. The summed E-state index contributed by atoms with van der Waals surface area (Å²) in [4.78, 5) is 11.4. The van der Waals surface area contributed by atoms with E-state index in [1.54, 1.807) is 6.07 Å². The van der Waals surface area contributed by atoms with E-state index in [9.17, 15) is 9.90 Å². The number of halogens is 1. The molecule has 0 amide bonds. The Morgan fingerprint density at radius 2 is 2.13 bits per heavy atom. The normalized spacial score (nSPS) is 20.1. The molecule has 1 aromatic heterocycles. The van der Waals surface area contributed by atoms with Gasteiger partial charge in [-0.05, 0) is 34.8 Å². The number of hydrogen-bond acceptors (Lipinski definition) is 3. The average Bonchev–Trinajstić information content (AvgIpc) is 2.66. The lowest BCUT2D eigenvalue weighted by atomic mass is 9.78. The molecule has 0 saturated carbocycles. The largest absolute Gasteiger partial charge is 0.480 e. The van der Waals surface area contributed by atoms with Crippen LogP contribution in [0.2, 0.25) is 0 Å². The molecule has 15 heavy (non-hydrogen) atoms. The SMILES string of the molecule is O=C(O)C1(c2cc(Br)co2)CCOCC1. The van der Waals surface area contributed by atoms with Gasteiger partial charge in [0, 0.05) is 13.2 Å². The summed E-state index contributed by atoms with van der Waals surface area (Å²) in [7, 11) is 0. The Kier molecular flexibility index (Phi) is 2.84. The third-order valence-electron chi connectivity index (χ3n) is 2.79. The van der Waals surface area contributed by atoms with Crippen LogP contribution >= 0.6 is 15.9 Å². The second kappa shape index (κ2) is 3.98. The summed E-state index contributed by atoms with van der Waals surface area (Å²) in [5.41, 5.74) is -0.912. The van der Waals surface area contributed by atoms with Crippen molar-refractivity contribution in [2.24, 2.45) is 0 Å². The molecular weight excluding hydrogens is 264 g/mol. The molecule has 1 aromatic rings. The minimum absolute atomic E-state index is 0.461. The highest BCUT2D eigenvalue weighted by Gasteiger charge is 2.44. The van der Waals surface area contributed by atoms with Gasteiger partial charge in [0.15, 0.2) is 0 Å². The maximum Gasteiger partial charge on any atom is 0.317 e. The van der Waals surface area contributed by atoms with Crippen LogP contribution in [0.4, 0.5) is 0 Å². The van der Waals surface area contributed by atoms with Crippen molar-refractivity contribution in [1.82, 2.24) is 0 Å². The van der Waals surface area contributed by atoms with Crippen molar-refractivity contribution in [2.75, 3.05) is 13.2 Å². The van der Waals surface area contributed by atoms with Gasteiger partial charge in [-0.3, -0.25) is 4.79 Å². The molecule has 1 aliphatic heterocycles. The van der Waals surface area contributed by atoms with Crippen molar-refractivity contribution in [3.8, 4) is 0 Å². The van der Waals surface area contributed by atoms with E-state index in [2.05, 4.69) is 15.9 Å². The van der Waals surface area contributed by atoms with Gasteiger partial charge in [0.2, 0.25) is 0 Å². The van der Waals surface area contributed by atoms with E-state index in [0.717, 1.165) is 4.47 Å². The van der Waals surface area contributed by atoms with Gasteiger partial charge in [0.1, 0.15) is 17.4 Å². The fraction of sp³-hybridized carbons (Fsp3) is 0.500. The highest BCUT2D eigenvalue weighted by molar-refractivity contribution is 9.10. The maximum atomic E-state index is 11.4. The van der Waals surface area contributed by atoms with E-state index >= 15 is 0 Å². The first-order valence-electron chi connectivity index (χ1n) is 4.71. The second-order valence-electron chi connectivity index (χ2n) is 3.63. The van der Waals surface area contributed by atoms with Gasteiger partial charge in [-0.25, -0.2) is 0 Å². The molecule has 1 saturated heterocycles. The zero-order chi connectivity index (χ0) is 10.9. The van der Waals surface area contributed by atoms with Crippen LogP contribution in [0.25, 0.3) is 0 Å². The molecule has 0 aromatic carbocycles. The van der Waals surface area contributed by atoms with Crippen LogP contribution < -0.4 is 0 Å². The molecule has 5 heteroatoms. The van der Waals surface area contributed by atoms with Crippen molar-refractivity contribution in [3.05, 3.63) is 22.6 Å². The Bertz CT molecular complexity index is 365. The number of carbonyl (C=O) groups is 1. The predicted molar refractivity (Wildman–Crippen MR) is 55.8 cm³/mol. The van der Waals surface area contributed by atoms with E-state index in [1.165, 1.54) is 6.26 Å². The van der Waals surface area contributed by atoms with E-state index in [4.69, 9.17) is 9.15 Å². The minimum atomic E-state index is -0.912. The number of aliphatic carboxylic acids is 1. The van der Waals surface area contributed by atoms with Crippen LogP contribution in [0, 0.1) is 0 Å². The molecule has 82 valence electrons. The molecule has 0 radical (unpaired) electrons. The lowest BCUT2D eigenvalue weighted by Crippen LogP contribution is -2.40. The number of hydrogen-bond donors (Lipinski definition) is 1. The van der Waals surface area contributed by atoms with Gasteiger partial charge in [-0.2, -0.15) is 0 Å². The minimum Gasteiger partial charge on any atom is -0.480 e. The van der Waals surface area contributed by atoms with Gasteiger partial charge in [0.05, 0.1) is 4.47 Å². The first-order valence-corrected chi connectivity index (χ1v) is 5.50. The summed E-state index contributed by atoms with van der Waals surface area (Å²) in [5.74, 6) is -0.335. The number of furan rings is 1. The topological polar surface area (TPSA) is 59.7 Å². The zero-order valence-electron chi connectivity index (χ0n) is 8.03. The Hall–Kier alpha value is -0.810. The molecule has 2 rings (SSSR count). The van der Waals surface area contributed by atoms with Crippen molar-refractivity contribution >= 4 is 21.9 Å². The number of carboxylic acid groups (broad SMARTS) is 1. The maximum absolute atomic E-state index is 11.4. The fourth-order valence-electron chi connectivity index (χ4n) is 1.85. The highest BCUT2D eigenvalue weighted by Crippen LogP contribution is 2.37. The molecule has 2 heterocycles. The Morgan fingerprint density at radius 1 is 1.47 bits per heavy atom. The molecule has 0 aliphatic carbocycles. The molecule has 0 unspecified atom stereocenters. The predicted octanol–water partition coefficient (Wildman–Crippen LogP) is 2.17. The zero-order valence-corrected chi connectivity index (χ0v) is 9.62. The van der Waals surface area contributed by atoms with Crippen LogP contribution in [0.15, 0.2) is 21.2 Å². The van der Waals surface area contributed by atoms with E-state index in [0.29, 0.717) is 31.8 Å². The van der Waals surface area contributed by atoms with Gasteiger partial charge < -0.3 is 14.3 Å². The van der Waals surface area contributed by atoms with Crippen LogP contribution in [-0.4, -0.2) is 24.3 Å². The Balaban J connectivity index is 2.37. The first-order chi connectivity index (χ1) is 7.15. The van der Waals surface area contributed by atoms with Gasteiger partial charge in [-0.15, -0.1) is 0 Å².